The van der Waals surface area contributed by atoms with Crippen LogP contribution in [0.25, 0.3) is 0 Å². The van der Waals surface area contributed by atoms with Crippen molar-refractivity contribution >= 4 is 25.8 Å². The molecule has 2 rings (SSSR count). The molecule has 2 aromatic rings. The van der Waals surface area contributed by atoms with Crippen LogP contribution in [-0.2, 0) is 20.1 Å². The Kier molecular flexibility index (Phi) is 6.96. The second-order valence-corrected chi connectivity index (χ2v) is 7.72. The molecule has 0 radical (unpaired) electrons. The Bertz CT molecular complexity index is 914. The molecule has 0 heterocycles. The van der Waals surface area contributed by atoms with Crippen LogP contribution in [0.2, 0.25) is 0 Å². The van der Waals surface area contributed by atoms with E-state index in [1.807, 2.05) is 4.72 Å². The Balaban J connectivity index is 0.000000705. The van der Waals surface area contributed by atoms with Crippen LogP contribution < -0.4 is 4.72 Å². The van der Waals surface area contributed by atoms with Crippen molar-refractivity contribution in [2.75, 3.05) is 4.72 Å². The zero-order valence-electron chi connectivity index (χ0n) is 12.7. The molecule has 0 aromatic heterocycles. The molecule has 0 unspecified atom stereocenters. The number of alkyl halides is 3. The maximum Gasteiger partial charge on any atom is 0.379 e. The molecule has 2 N–H and O–H groups in total. The lowest BCUT2D eigenvalue weighted by molar-refractivity contribution is 0.00819. The first kappa shape index (κ1) is 20.9. The summed E-state index contributed by atoms with van der Waals surface area (Å²) in [6.07, 6.45) is 0. The van der Waals surface area contributed by atoms with Crippen LogP contribution in [0.15, 0.2) is 58.3 Å². The molecule has 0 atom stereocenters. The SMILES string of the molecule is Cc1cc(S(=O)(=O)c2ccccc2)ccc1NS(=O)(=O)O.FC(F)F. The number of sulfone groups is 1. The lowest BCUT2D eigenvalue weighted by Crippen LogP contribution is -2.12. The van der Waals surface area contributed by atoms with E-state index in [0.29, 0.717) is 5.56 Å². The quantitative estimate of drug-likeness (QED) is 0.772. The number of benzene rings is 2. The number of rotatable bonds is 4. The molecule has 0 aliphatic rings. The zero-order valence-corrected chi connectivity index (χ0v) is 14.4. The van der Waals surface area contributed by atoms with Crippen LogP contribution in [-0.4, -0.2) is 28.1 Å². The van der Waals surface area contributed by atoms with Crippen molar-refractivity contribution in [1.29, 1.82) is 0 Å². The van der Waals surface area contributed by atoms with Crippen molar-refractivity contribution in [1.82, 2.24) is 0 Å². The second-order valence-electron chi connectivity index (χ2n) is 4.62. The van der Waals surface area contributed by atoms with Gasteiger partial charge in [0.15, 0.2) is 0 Å². The van der Waals surface area contributed by atoms with Crippen molar-refractivity contribution in [3.63, 3.8) is 0 Å². The van der Waals surface area contributed by atoms with Crippen molar-refractivity contribution in [2.24, 2.45) is 0 Å². The molecule has 11 heteroatoms. The van der Waals surface area contributed by atoms with Gasteiger partial charge >= 0.3 is 17.0 Å². The smallest absolute Gasteiger partial charge is 0.269 e. The van der Waals surface area contributed by atoms with E-state index >= 15 is 0 Å². The maximum atomic E-state index is 12.4. The van der Waals surface area contributed by atoms with Gasteiger partial charge in [0.25, 0.3) is 0 Å². The van der Waals surface area contributed by atoms with Gasteiger partial charge in [-0.2, -0.15) is 21.6 Å². The molecule has 0 amide bonds. The van der Waals surface area contributed by atoms with Crippen molar-refractivity contribution < 1.29 is 34.6 Å². The molecule has 6 nitrogen and oxygen atoms in total. The molecule has 0 aliphatic heterocycles. The largest absolute Gasteiger partial charge is 0.379 e. The van der Waals surface area contributed by atoms with Gasteiger partial charge in [0, 0.05) is 0 Å². The maximum absolute atomic E-state index is 12.4. The summed E-state index contributed by atoms with van der Waals surface area (Å²) in [5.74, 6) is 0. The van der Waals surface area contributed by atoms with Gasteiger partial charge in [-0.05, 0) is 42.8 Å². The molecule has 25 heavy (non-hydrogen) atoms. The Morgan fingerprint density at radius 3 is 1.88 bits per heavy atom. The fraction of sp³-hybridized carbons (Fsp3) is 0.143. The van der Waals surface area contributed by atoms with Gasteiger partial charge < -0.3 is 0 Å². The van der Waals surface area contributed by atoms with E-state index < -0.39 is 26.8 Å². The highest BCUT2D eigenvalue weighted by Crippen LogP contribution is 2.25. The van der Waals surface area contributed by atoms with Gasteiger partial charge in [0.05, 0.1) is 15.5 Å². The summed E-state index contributed by atoms with van der Waals surface area (Å²) in [5, 5.41) is 0. The highest BCUT2D eigenvalue weighted by molar-refractivity contribution is 7.91. The molecule has 0 aliphatic carbocycles. The van der Waals surface area contributed by atoms with E-state index in [0.717, 1.165) is 0 Å². The Hall–Kier alpha value is -2.11. The Morgan fingerprint density at radius 1 is 0.920 bits per heavy atom. The predicted molar refractivity (Wildman–Crippen MR) is 85.4 cm³/mol. The topological polar surface area (TPSA) is 101 Å². The molecule has 0 saturated carbocycles. The van der Waals surface area contributed by atoms with E-state index in [2.05, 4.69) is 0 Å². The number of anilines is 1. The lowest BCUT2D eigenvalue weighted by atomic mass is 10.2. The molecule has 0 fully saturated rings. The van der Waals surface area contributed by atoms with E-state index in [9.17, 15) is 30.0 Å². The minimum atomic E-state index is -4.40. The number of halogens is 3. The van der Waals surface area contributed by atoms with Crippen LogP contribution in [0.4, 0.5) is 18.9 Å². The van der Waals surface area contributed by atoms with Gasteiger partial charge in [-0.1, -0.05) is 18.2 Å². The summed E-state index contributed by atoms with van der Waals surface area (Å²) in [7, 11) is -8.06. The van der Waals surface area contributed by atoms with Crippen LogP contribution in [0, 0.1) is 6.92 Å². The number of nitrogens with one attached hydrogen (secondary N) is 1. The average molecular weight is 397 g/mol. The van der Waals surface area contributed by atoms with Gasteiger partial charge in [-0.15, -0.1) is 0 Å². The van der Waals surface area contributed by atoms with E-state index in [-0.39, 0.29) is 15.5 Å². The predicted octanol–water partition coefficient (Wildman–Crippen LogP) is 3.22. The highest BCUT2D eigenvalue weighted by Gasteiger charge is 2.18. The number of hydrogen-bond acceptors (Lipinski definition) is 4. The fourth-order valence-corrected chi connectivity index (χ4v) is 3.67. The molecule has 0 bridgehead atoms. The third-order valence-corrected chi connectivity index (χ3v) is 5.05. The lowest BCUT2D eigenvalue weighted by Gasteiger charge is -2.09. The minimum Gasteiger partial charge on any atom is -0.269 e. The summed E-state index contributed by atoms with van der Waals surface area (Å²) in [4.78, 5) is 0.201. The molecule has 0 saturated heterocycles. The van der Waals surface area contributed by atoms with Crippen molar-refractivity contribution in [3.05, 3.63) is 54.1 Å². The van der Waals surface area contributed by atoms with E-state index in [1.165, 1.54) is 37.3 Å². The Morgan fingerprint density at radius 2 is 1.44 bits per heavy atom. The Labute approximate surface area is 143 Å². The van der Waals surface area contributed by atoms with Crippen LogP contribution in [0.3, 0.4) is 0 Å². The van der Waals surface area contributed by atoms with Gasteiger partial charge in [-0.3, -0.25) is 9.27 Å². The monoisotopic (exact) mass is 397 g/mol. The van der Waals surface area contributed by atoms with E-state index in [4.69, 9.17) is 4.55 Å². The normalized spacial score (nSPS) is 11.6. The van der Waals surface area contributed by atoms with Crippen molar-refractivity contribution in [3.8, 4) is 0 Å². The van der Waals surface area contributed by atoms with Crippen LogP contribution in [0.5, 0.6) is 0 Å². The third kappa shape index (κ3) is 6.72. The fourth-order valence-electron chi connectivity index (χ4n) is 1.79. The zero-order chi connectivity index (χ0) is 19.3. The highest BCUT2D eigenvalue weighted by atomic mass is 32.2. The van der Waals surface area contributed by atoms with Crippen LogP contribution >= 0.6 is 0 Å². The van der Waals surface area contributed by atoms with Crippen LogP contribution in [0.1, 0.15) is 5.56 Å². The summed E-state index contributed by atoms with van der Waals surface area (Å²) in [6.45, 7) is -2.13. The average Bonchev–Trinajstić information content (AvgIpc) is 2.48. The summed E-state index contributed by atoms with van der Waals surface area (Å²) in [6, 6.07) is 11.8. The van der Waals surface area contributed by atoms with Gasteiger partial charge in [0.2, 0.25) is 9.84 Å². The van der Waals surface area contributed by atoms with Crippen molar-refractivity contribution in [2.45, 2.75) is 23.4 Å². The molecule has 0 spiro atoms. The number of aryl methyl sites for hydroxylation is 1. The standard InChI is InChI=1S/C13H13NO5S2.CHF3/c1-10-9-12(7-8-13(10)14-21(17,18)19)20(15,16)11-5-3-2-4-6-11;2-1(3)4/h2-9,14H,1H3,(H,17,18,19);1H. The first-order valence-corrected chi connectivity index (χ1v) is 9.44. The minimum absolute atomic E-state index is 0.0482. The van der Waals surface area contributed by atoms with Gasteiger partial charge in [0.1, 0.15) is 0 Å². The van der Waals surface area contributed by atoms with E-state index in [1.54, 1.807) is 18.2 Å². The molecule has 138 valence electrons. The van der Waals surface area contributed by atoms with Gasteiger partial charge in [-0.25, -0.2) is 8.42 Å². The summed E-state index contributed by atoms with van der Waals surface area (Å²) < 4.78 is 86.0. The second kappa shape index (κ2) is 8.32. The summed E-state index contributed by atoms with van der Waals surface area (Å²) in [5.41, 5.74) is 0.495. The molecule has 2 aromatic carbocycles. The molecular weight excluding hydrogens is 383 g/mol. The third-order valence-electron chi connectivity index (χ3n) is 2.80. The first-order valence-electron chi connectivity index (χ1n) is 6.51. The first-order chi connectivity index (χ1) is 11.4. The molecular formula is C14H14F3NO5S2. The number of hydrogen-bond donors (Lipinski definition) is 2. The summed E-state index contributed by atoms with van der Waals surface area (Å²) >= 11 is 0.